The van der Waals surface area contributed by atoms with Crippen molar-refractivity contribution in [3.05, 3.63) is 47.5 Å². The Kier molecular flexibility index (Phi) is 3.74. The summed E-state index contributed by atoms with van der Waals surface area (Å²) < 4.78 is 0. The number of rotatable bonds is 3. The molecule has 1 aromatic carbocycles. The Hall–Kier alpha value is -1.81. The van der Waals surface area contributed by atoms with Crippen LogP contribution in [0.5, 0.6) is 0 Å². The van der Waals surface area contributed by atoms with E-state index in [9.17, 15) is 0 Å². The Balaban J connectivity index is 1.60. The smallest absolute Gasteiger partial charge is 0.120 e. The van der Waals surface area contributed by atoms with E-state index in [-0.39, 0.29) is 0 Å². The van der Waals surface area contributed by atoms with Gasteiger partial charge in [0.15, 0.2) is 0 Å². The van der Waals surface area contributed by atoms with Gasteiger partial charge in [0.2, 0.25) is 0 Å². The highest BCUT2D eigenvalue weighted by Gasteiger charge is 2.18. The second-order valence-electron chi connectivity index (χ2n) is 5.59. The van der Waals surface area contributed by atoms with Crippen molar-refractivity contribution in [3.63, 3.8) is 0 Å². The number of hydrogen-bond donors (Lipinski definition) is 1. The number of nitrogens with zero attached hydrogens (tertiary/aromatic N) is 3. The molecular formula is C16H22N4. The average Bonchev–Trinajstić information content (AvgIpc) is 2.93. The quantitative estimate of drug-likeness (QED) is 0.930. The minimum atomic E-state index is 0.924. The van der Waals surface area contributed by atoms with Gasteiger partial charge in [-0.15, -0.1) is 0 Å². The number of hydrogen-bond acceptors (Lipinski definition) is 3. The van der Waals surface area contributed by atoms with Crippen LogP contribution in [-0.4, -0.2) is 41.0 Å². The van der Waals surface area contributed by atoms with Gasteiger partial charge in [-0.05, 0) is 25.5 Å². The molecule has 0 bridgehead atoms. The predicted molar refractivity (Wildman–Crippen MR) is 82.0 cm³/mol. The van der Waals surface area contributed by atoms with Gasteiger partial charge in [0.25, 0.3) is 0 Å². The van der Waals surface area contributed by atoms with E-state index in [0.29, 0.717) is 0 Å². The standard InChI is InChI=1S/C16H22N4/c1-13-3-4-15(14(2)11-13)20-9-7-19(8-10-20)12-16-17-5-6-18-16/h3-6,11H,7-10,12H2,1-2H3,(H,17,18). The summed E-state index contributed by atoms with van der Waals surface area (Å²) in [6.07, 6.45) is 3.71. The van der Waals surface area contributed by atoms with E-state index in [1.807, 2.05) is 12.4 Å². The summed E-state index contributed by atoms with van der Waals surface area (Å²) in [5.74, 6) is 1.06. The maximum absolute atomic E-state index is 4.30. The summed E-state index contributed by atoms with van der Waals surface area (Å²) in [5.41, 5.74) is 4.10. The summed E-state index contributed by atoms with van der Waals surface area (Å²) in [6, 6.07) is 6.73. The van der Waals surface area contributed by atoms with Crippen LogP contribution in [0.2, 0.25) is 0 Å². The molecule has 1 aliphatic rings. The third-order valence-electron chi connectivity index (χ3n) is 3.99. The van der Waals surface area contributed by atoms with Crippen LogP contribution in [0.25, 0.3) is 0 Å². The molecule has 3 rings (SSSR count). The van der Waals surface area contributed by atoms with Gasteiger partial charge in [-0.1, -0.05) is 17.7 Å². The highest BCUT2D eigenvalue weighted by Crippen LogP contribution is 2.22. The topological polar surface area (TPSA) is 35.2 Å². The zero-order valence-corrected chi connectivity index (χ0v) is 12.3. The van der Waals surface area contributed by atoms with Crippen molar-refractivity contribution in [3.8, 4) is 0 Å². The van der Waals surface area contributed by atoms with Gasteiger partial charge in [-0.25, -0.2) is 4.98 Å². The summed E-state index contributed by atoms with van der Waals surface area (Å²) >= 11 is 0. The maximum Gasteiger partial charge on any atom is 0.120 e. The Morgan fingerprint density at radius 3 is 2.60 bits per heavy atom. The molecule has 1 aliphatic heterocycles. The number of H-pyrrole nitrogens is 1. The Labute approximate surface area is 120 Å². The fourth-order valence-corrected chi connectivity index (χ4v) is 2.90. The summed E-state index contributed by atoms with van der Waals surface area (Å²) in [5, 5.41) is 0. The van der Waals surface area contributed by atoms with Crippen LogP contribution in [0.1, 0.15) is 17.0 Å². The second kappa shape index (κ2) is 5.67. The number of piperazine rings is 1. The van der Waals surface area contributed by atoms with Crippen LogP contribution in [0, 0.1) is 13.8 Å². The van der Waals surface area contributed by atoms with Gasteiger partial charge in [0.05, 0.1) is 6.54 Å². The number of anilines is 1. The molecular weight excluding hydrogens is 248 g/mol. The molecule has 2 aromatic rings. The van der Waals surface area contributed by atoms with Crippen LogP contribution < -0.4 is 4.90 Å². The monoisotopic (exact) mass is 270 g/mol. The average molecular weight is 270 g/mol. The van der Waals surface area contributed by atoms with Gasteiger partial charge >= 0.3 is 0 Å². The van der Waals surface area contributed by atoms with Crippen molar-refractivity contribution in [1.82, 2.24) is 14.9 Å². The van der Waals surface area contributed by atoms with Crippen molar-refractivity contribution in [2.24, 2.45) is 0 Å². The highest BCUT2D eigenvalue weighted by atomic mass is 15.3. The largest absolute Gasteiger partial charge is 0.369 e. The van der Waals surface area contributed by atoms with Crippen molar-refractivity contribution in [2.75, 3.05) is 31.1 Å². The van der Waals surface area contributed by atoms with Gasteiger partial charge < -0.3 is 9.88 Å². The van der Waals surface area contributed by atoms with Gasteiger partial charge in [0, 0.05) is 44.3 Å². The fraction of sp³-hybridized carbons (Fsp3) is 0.438. The Morgan fingerprint density at radius 1 is 1.15 bits per heavy atom. The lowest BCUT2D eigenvalue weighted by Gasteiger charge is -2.36. The summed E-state index contributed by atoms with van der Waals surface area (Å²) in [7, 11) is 0. The molecule has 1 N–H and O–H groups in total. The molecule has 0 radical (unpaired) electrons. The number of aromatic nitrogens is 2. The molecule has 106 valence electrons. The molecule has 0 amide bonds. The maximum atomic E-state index is 4.30. The first-order valence-electron chi connectivity index (χ1n) is 7.25. The normalized spacial score (nSPS) is 16.6. The van der Waals surface area contributed by atoms with E-state index >= 15 is 0 Å². The molecule has 1 fully saturated rings. The van der Waals surface area contributed by atoms with Gasteiger partial charge in [-0.3, -0.25) is 4.90 Å². The van der Waals surface area contributed by atoms with Crippen molar-refractivity contribution in [1.29, 1.82) is 0 Å². The molecule has 1 saturated heterocycles. The van der Waals surface area contributed by atoms with Crippen LogP contribution in [-0.2, 0) is 6.54 Å². The highest BCUT2D eigenvalue weighted by molar-refractivity contribution is 5.54. The Bertz CT molecular complexity index is 554. The molecule has 4 nitrogen and oxygen atoms in total. The van der Waals surface area contributed by atoms with Gasteiger partial charge in [0.1, 0.15) is 5.82 Å². The van der Waals surface area contributed by atoms with Crippen LogP contribution >= 0.6 is 0 Å². The van der Waals surface area contributed by atoms with E-state index in [0.717, 1.165) is 38.5 Å². The second-order valence-corrected chi connectivity index (χ2v) is 5.59. The summed E-state index contributed by atoms with van der Waals surface area (Å²) in [4.78, 5) is 12.4. The first kappa shape index (κ1) is 13.2. The lowest BCUT2D eigenvalue weighted by Crippen LogP contribution is -2.46. The third kappa shape index (κ3) is 2.85. The number of benzene rings is 1. The first-order chi connectivity index (χ1) is 9.72. The molecule has 0 saturated carbocycles. The van der Waals surface area contributed by atoms with E-state index in [1.54, 1.807) is 0 Å². The molecule has 4 heteroatoms. The molecule has 2 heterocycles. The SMILES string of the molecule is Cc1ccc(N2CCN(Cc3ncc[nH]3)CC2)c(C)c1. The lowest BCUT2D eigenvalue weighted by molar-refractivity contribution is 0.244. The van der Waals surface area contributed by atoms with Gasteiger partial charge in [-0.2, -0.15) is 0 Å². The van der Waals surface area contributed by atoms with Crippen LogP contribution in [0.15, 0.2) is 30.6 Å². The van der Waals surface area contributed by atoms with Crippen LogP contribution in [0.3, 0.4) is 0 Å². The van der Waals surface area contributed by atoms with Crippen LogP contribution in [0.4, 0.5) is 5.69 Å². The molecule has 1 aromatic heterocycles. The minimum Gasteiger partial charge on any atom is -0.369 e. The van der Waals surface area contributed by atoms with E-state index < -0.39 is 0 Å². The molecule has 0 atom stereocenters. The van der Waals surface area contributed by atoms with E-state index in [2.05, 4.69) is 51.8 Å². The minimum absolute atomic E-state index is 0.924. The van der Waals surface area contributed by atoms with Crippen molar-refractivity contribution >= 4 is 5.69 Å². The molecule has 0 aliphatic carbocycles. The number of aromatic amines is 1. The summed E-state index contributed by atoms with van der Waals surface area (Å²) in [6.45, 7) is 9.64. The number of aryl methyl sites for hydroxylation is 2. The van der Waals surface area contributed by atoms with Crippen molar-refractivity contribution in [2.45, 2.75) is 20.4 Å². The first-order valence-corrected chi connectivity index (χ1v) is 7.25. The number of nitrogens with one attached hydrogen (secondary N) is 1. The molecule has 0 spiro atoms. The zero-order chi connectivity index (χ0) is 13.9. The Morgan fingerprint density at radius 2 is 1.95 bits per heavy atom. The lowest BCUT2D eigenvalue weighted by atomic mass is 10.1. The third-order valence-corrected chi connectivity index (χ3v) is 3.99. The molecule has 0 unspecified atom stereocenters. The zero-order valence-electron chi connectivity index (χ0n) is 12.3. The molecule has 20 heavy (non-hydrogen) atoms. The fourth-order valence-electron chi connectivity index (χ4n) is 2.90. The van der Waals surface area contributed by atoms with E-state index in [4.69, 9.17) is 0 Å². The predicted octanol–water partition coefficient (Wildman–Crippen LogP) is 2.35. The van der Waals surface area contributed by atoms with E-state index in [1.165, 1.54) is 16.8 Å². The number of imidazole rings is 1. The van der Waals surface area contributed by atoms with Crippen molar-refractivity contribution < 1.29 is 0 Å².